The average molecular weight is 254 g/mol. The molecule has 2 rings (SSSR count). The predicted molar refractivity (Wildman–Crippen MR) is 59.1 cm³/mol. The molecule has 1 aromatic carbocycles. The van der Waals surface area contributed by atoms with Crippen LogP contribution in [0.15, 0.2) is 28.7 Å². The van der Waals surface area contributed by atoms with Crippen molar-refractivity contribution in [2.24, 2.45) is 0 Å². The summed E-state index contributed by atoms with van der Waals surface area (Å²) in [6.07, 6.45) is 0.941. The fourth-order valence-corrected chi connectivity index (χ4v) is 2.09. The fourth-order valence-electron chi connectivity index (χ4n) is 1.83. The Kier molecular flexibility index (Phi) is 2.59. The number of benzene rings is 1. The van der Waals surface area contributed by atoms with Crippen LogP contribution in [-0.2, 0) is 4.79 Å². The Balaban J connectivity index is 2.24. The maximum Gasteiger partial charge on any atom is 0.229 e. The molecule has 1 saturated heterocycles. The van der Waals surface area contributed by atoms with Crippen molar-refractivity contribution in [3.63, 3.8) is 0 Å². The number of rotatable bonds is 1. The number of hydrogen-bond donors (Lipinski definition) is 0. The molecule has 0 aromatic heterocycles. The summed E-state index contributed by atoms with van der Waals surface area (Å²) in [5.74, 6) is 0.320. The third-order valence-corrected chi connectivity index (χ3v) is 3.23. The summed E-state index contributed by atoms with van der Waals surface area (Å²) in [6.45, 7) is 0.875. The Hall–Kier alpha value is -0.830. The third kappa shape index (κ3) is 1.69. The first-order valence-electron chi connectivity index (χ1n) is 4.69. The molecule has 0 saturated carbocycles. The van der Waals surface area contributed by atoms with Gasteiger partial charge in [-0.3, -0.25) is 4.79 Å². The molecule has 0 aliphatic carbocycles. The fraction of sp³-hybridized carbons (Fsp3) is 0.364. The lowest BCUT2D eigenvalue weighted by molar-refractivity contribution is -0.127. The van der Waals surface area contributed by atoms with Crippen molar-refractivity contribution < 1.29 is 4.79 Å². The monoisotopic (exact) mass is 253 g/mol. The Morgan fingerprint density at radius 1 is 1.36 bits per heavy atom. The van der Waals surface area contributed by atoms with Gasteiger partial charge in [-0.1, -0.05) is 28.1 Å². The lowest BCUT2D eigenvalue weighted by Gasteiger charge is -2.10. The molecule has 0 N–H and O–H groups in total. The summed E-state index contributed by atoms with van der Waals surface area (Å²) in [5, 5.41) is 0. The molecule has 1 fully saturated rings. The zero-order valence-electron chi connectivity index (χ0n) is 8.03. The number of likely N-dealkylation sites (tertiary alicyclic amines) is 1. The van der Waals surface area contributed by atoms with Gasteiger partial charge in [-0.25, -0.2) is 0 Å². The number of carbonyl (C=O) groups excluding carboxylic acids is 1. The van der Waals surface area contributed by atoms with E-state index in [-0.39, 0.29) is 11.8 Å². The molecule has 1 amide bonds. The van der Waals surface area contributed by atoms with Gasteiger partial charge in [0.1, 0.15) is 0 Å². The molecular weight excluding hydrogens is 242 g/mol. The zero-order valence-corrected chi connectivity index (χ0v) is 9.62. The normalized spacial score (nSPS) is 21.7. The number of likely N-dealkylation sites (N-methyl/N-ethyl adjacent to an activating group) is 1. The Labute approximate surface area is 92.0 Å². The highest BCUT2D eigenvalue weighted by molar-refractivity contribution is 9.10. The number of nitrogens with zero attached hydrogens (tertiary/aromatic N) is 1. The molecular formula is C11H12BrNO. The van der Waals surface area contributed by atoms with E-state index in [9.17, 15) is 4.79 Å². The van der Waals surface area contributed by atoms with Gasteiger partial charge in [0.05, 0.1) is 5.92 Å². The quantitative estimate of drug-likeness (QED) is 0.753. The number of halogens is 1. The van der Waals surface area contributed by atoms with Gasteiger partial charge in [0, 0.05) is 18.1 Å². The van der Waals surface area contributed by atoms with Crippen molar-refractivity contribution in [2.75, 3.05) is 13.6 Å². The third-order valence-electron chi connectivity index (χ3n) is 2.70. The molecule has 0 spiro atoms. The zero-order chi connectivity index (χ0) is 10.1. The molecule has 3 heteroatoms. The first kappa shape index (κ1) is 9.71. The highest BCUT2D eigenvalue weighted by Crippen LogP contribution is 2.28. The van der Waals surface area contributed by atoms with Crippen molar-refractivity contribution in [1.29, 1.82) is 0 Å². The van der Waals surface area contributed by atoms with Gasteiger partial charge in [0.25, 0.3) is 0 Å². The Morgan fingerprint density at radius 2 is 2.00 bits per heavy atom. The summed E-state index contributed by atoms with van der Waals surface area (Å²) < 4.78 is 1.06. The molecule has 0 radical (unpaired) electrons. The van der Waals surface area contributed by atoms with Crippen LogP contribution in [0.1, 0.15) is 17.9 Å². The van der Waals surface area contributed by atoms with Crippen LogP contribution in [0.4, 0.5) is 0 Å². The molecule has 1 atom stereocenters. The molecule has 14 heavy (non-hydrogen) atoms. The second-order valence-electron chi connectivity index (χ2n) is 3.65. The molecule has 1 aliphatic heterocycles. The SMILES string of the molecule is CN1CCC(c2ccc(Br)cc2)C1=O. The van der Waals surface area contributed by atoms with Crippen molar-refractivity contribution >= 4 is 21.8 Å². The molecule has 1 heterocycles. The van der Waals surface area contributed by atoms with Crippen LogP contribution < -0.4 is 0 Å². The van der Waals surface area contributed by atoms with E-state index in [2.05, 4.69) is 15.9 Å². The Morgan fingerprint density at radius 3 is 2.50 bits per heavy atom. The smallest absolute Gasteiger partial charge is 0.229 e. The van der Waals surface area contributed by atoms with Gasteiger partial charge in [0.15, 0.2) is 0 Å². The van der Waals surface area contributed by atoms with Gasteiger partial charge in [0.2, 0.25) is 5.91 Å². The van der Waals surface area contributed by atoms with E-state index in [4.69, 9.17) is 0 Å². The van der Waals surface area contributed by atoms with Crippen LogP contribution in [0.2, 0.25) is 0 Å². The molecule has 1 aliphatic rings. The van der Waals surface area contributed by atoms with Gasteiger partial charge < -0.3 is 4.90 Å². The largest absolute Gasteiger partial charge is 0.345 e. The number of hydrogen-bond acceptors (Lipinski definition) is 1. The maximum atomic E-state index is 11.7. The van der Waals surface area contributed by atoms with E-state index in [1.165, 1.54) is 0 Å². The summed E-state index contributed by atoms with van der Waals surface area (Å²) in [7, 11) is 1.86. The predicted octanol–water partition coefficient (Wildman–Crippen LogP) is 2.39. The lowest BCUT2D eigenvalue weighted by atomic mass is 9.98. The standard InChI is InChI=1S/C11H12BrNO/c1-13-7-6-10(11(13)14)8-2-4-9(12)5-3-8/h2-5,10H,6-7H2,1H3. The minimum absolute atomic E-state index is 0.0769. The van der Waals surface area contributed by atoms with Crippen molar-refractivity contribution in [3.8, 4) is 0 Å². The van der Waals surface area contributed by atoms with Gasteiger partial charge in [-0.05, 0) is 24.1 Å². The van der Waals surface area contributed by atoms with Crippen LogP contribution in [0.5, 0.6) is 0 Å². The van der Waals surface area contributed by atoms with E-state index in [1.54, 1.807) is 4.90 Å². The van der Waals surface area contributed by atoms with Crippen LogP contribution in [-0.4, -0.2) is 24.4 Å². The maximum absolute atomic E-state index is 11.7. The molecule has 1 unspecified atom stereocenters. The minimum Gasteiger partial charge on any atom is -0.345 e. The first-order valence-corrected chi connectivity index (χ1v) is 5.48. The van der Waals surface area contributed by atoms with Gasteiger partial charge >= 0.3 is 0 Å². The molecule has 0 bridgehead atoms. The van der Waals surface area contributed by atoms with E-state index < -0.39 is 0 Å². The summed E-state index contributed by atoms with van der Waals surface area (Å²) in [6, 6.07) is 8.01. The van der Waals surface area contributed by atoms with Gasteiger partial charge in [-0.2, -0.15) is 0 Å². The second-order valence-corrected chi connectivity index (χ2v) is 4.57. The Bertz CT molecular complexity index is 347. The summed E-state index contributed by atoms with van der Waals surface area (Å²) >= 11 is 3.39. The second kappa shape index (κ2) is 3.73. The van der Waals surface area contributed by atoms with E-state index >= 15 is 0 Å². The van der Waals surface area contributed by atoms with E-state index in [1.807, 2.05) is 31.3 Å². The minimum atomic E-state index is 0.0769. The molecule has 2 nitrogen and oxygen atoms in total. The van der Waals surface area contributed by atoms with Crippen LogP contribution >= 0.6 is 15.9 Å². The summed E-state index contributed by atoms with van der Waals surface area (Å²) in [4.78, 5) is 13.5. The molecule has 1 aromatic rings. The number of carbonyl (C=O) groups is 1. The van der Waals surface area contributed by atoms with E-state index in [0.717, 1.165) is 23.0 Å². The highest BCUT2D eigenvalue weighted by atomic mass is 79.9. The number of amides is 1. The average Bonchev–Trinajstić information content (AvgIpc) is 2.50. The van der Waals surface area contributed by atoms with Crippen molar-refractivity contribution in [3.05, 3.63) is 34.3 Å². The van der Waals surface area contributed by atoms with Gasteiger partial charge in [-0.15, -0.1) is 0 Å². The van der Waals surface area contributed by atoms with Crippen molar-refractivity contribution in [1.82, 2.24) is 4.90 Å². The topological polar surface area (TPSA) is 20.3 Å². The van der Waals surface area contributed by atoms with Crippen LogP contribution in [0.3, 0.4) is 0 Å². The lowest BCUT2D eigenvalue weighted by Crippen LogP contribution is -2.21. The van der Waals surface area contributed by atoms with Crippen molar-refractivity contribution in [2.45, 2.75) is 12.3 Å². The molecule has 74 valence electrons. The summed E-state index contributed by atoms with van der Waals surface area (Å²) in [5.41, 5.74) is 1.13. The van der Waals surface area contributed by atoms with Crippen LogP contribution in [0.25, 0.3) is 0 Å². The van der Waals surface area contributed by atoms with E-state index in [0.29, 0.717) is 0 Å². The first-order chi connectivity index (χ1) is 6.68. The van der Waals surface area contributed by atoms with Crippen LogP contribution in [0, 0.1) is 0 Å². The highest BCUT2D eigenvalue weighted by Gasteiger charge is 2.29.